The lowest BCUT2D eigenvalue weighted by atomic mass is 10.0. The molecular formula is C17H11BrO2. The topological polar surface area (TPSA) is 26.3 Å². The zero-order valence-electron chi connectivity index (χ0n) is 10.7. The normalized spacial score (nSPS) is 11.8. The minimum atomic E-state index is 0.103. The highest BCUT2D eigenvalue weighted by Crippen LogP contribution is 2.35. The number of hydrogen-bond acceptors (Lipinski definition) is 2. The second kappa shape index (κ2) is 4.32. The summed E-state index contributed by atoms with van der Waals surface area (Å²) in [4.78, 5) is 12.6. The highest BCUT2D eigenvalue weighted by atomic mass is 79.9. The summed E-state index contributed by atoms with van der Waals surface area (Å²) in [5, 5.41) is 6.67. The molecule has 3 heteroatoms. The van der Waals surface area contributed by atoms with Gasteiger partial charge in [0.2, 0.25) is 0 Å². The highest BCUT2D eigenvalue weighted by molar-refractivity contribution is 9.09. The van der Waals surface area contributed by atoms with Crippen LogP contribution in [0.5, 0.6) is 5.75 Å². The molecule has 0 aliphatic carbocycles. The first-order valence-corrected chi connectivity index (χ1v) is 7.65. The van der Waals surface area contributed by atoms with Crippen LogP contribution >= 0.6 is 15.9 Å². The number of ether oxygens (including phenoxy) is 1. The van der Waals surface area contributed by atoms with E-state index in [1.165, 1.54) is 0 Å². The minimum absolute atomic E-state index is 0.103. The molecule has 20 heavy (non-hydrogen) atoms. The van der Waals surface area contributed by atoms with E-state index in [1.54, 1.807) is 0 Å². The molecule has 4 aromatic carbocycles. The van der Waals surface area contributed by atoms with E-state index in [4.69, 9.17) is 4.74 Å². The van der Waals surface area contributed by atoms with Gasteiger partial charge in [0.15, 0.2) is 5.43 Å². The summed E-state index contributed by atoms with van der Waals surface area (Å²) in [5.74, 6) is 0.757. The van der Waals surface area contributed by atoms with Crippen molar-refractivity contribution in [2.24, 2.45) is 0 Å². The van der Waals surface area contributed by atoms with Crippen molar-refractivity contribution in [3.8, 4) is 5.75 Å². The molecule has 4 rings (SSSR count). The number of rotatable bonds is 3. The van der Waals surface area contributed by atoms with Crippen LogP contribution in [0.15, 0.2) is 47.3 Å². The van der Waals surface area contributed by atoms with Crippen LogP contribution in [0.4, 0.5) is 0 Å². The number of hydrogen-bond donors (Lipinski definition) is 0. The van der Waals surface area contributed by atoms with Gasteiger partial charge in [0.05, 0.1) is 6.61 Å². The smallest absolute Gasteiger partial charge is 0.194 e. The zero-order chi connectivity index (χ0) is 13.7. The Balaban J connectivity index is 2.16. The number of halogens is 1. The molecule has 0 amide bonds. The molecule has 0 aromatic heterocycles. The van der Waals surface area contributed by atoms with E-state index in [0.29, 0.717) is 6.61 Å². The van der Waals surface area contributed by atoms with E-state index in [2.05, 4.69) is 34.1 Å². The maximum Gasteiger partial charge on any atom is 0.194 e. The van der Waals surface area contributed by atoms with Crippen molar-refractivity contribution in [1.29, 1.82) is 0 Å². The molecule has 0 fully saturated rings. The van der Waals surface area contributed by atoms with Crippen molar-refractivity contribution in [2.75, 3.05) is 11.9 Å². The summed E-state index contributed by atoms with van der Waals surface area (Å²) in [7, 11) is 0. The third-order valence-electron chi connectivity index (χ3n) is 3.77. The van der Waals surface area contributed by atoms with E-state index >= 15 is 0 Å². The van der Waals surface area contributed by atoms with Crippen LogP contribution in [0, 0.1) is 0 Å². The van der Waals surface area contributed by atoms with Crippen LogP contribution < -0.4 is 10.2 Å². The number of benzene rings is 3. The molecule has 0 N–H and O–H groups in total. The van der Waals surface area contributed by atoms with Gasteiger partial charge in [0.25, 0.3) is 0 Å². The summed E-state index contributed by atoms with van der Waals surface area (Å²) < 4.78 is 5.66. The largest absolute Gasteiger partial charge is 0.493 e. The van der Waals surface area contributed by atoms with Gasteiger partial charge < -0.3 is 4.74 Å². The summed E-state index contributed by atoms with van der Waals surface area (Å²) >= 11 is 3.34. The predicted octanol–water partition coefficient (Wildman–Crippen LogP) is 4.16. The molecule has 0 aliphatic rings. The van der Waals surface area contributed by atoms with E-state index in [9.17, 15) is 4.79 Å². The van der Waals surface area contributed by atoms with Gasteiger partial charge >= 0.3 is 0 Å². The monoisotopic (exact) mass is 326 g/mol. The lowest BCUT2D eigenvalue weighted by Gasteiger charge is -2.07. The molecule has 0 aliphatic heterocycles. The maximum atomic E-state index is 12.6. The van der Waals surface area contributed by atoms with Crippen molar-refractivity contribution >= 4 is 48.2 Å². The number of alkyl halides is 1. The van der Waals surface area contributed by atoms with Crippen LogP contribution in [-0.2, 0) is 0 Å². The van der Waals surface area contributed by atoms with Crippen LogP contribution in [0.1, 0.15) is 0 Å². The Hall–Kier alpha value is -1.87. The second-order valence-corrected chi connectivity index (χ2v) is 5.70. The lowest BCUT2D eigenvalue weighted by Crippen LogP contribution is -1.99. The third-order valence-corrected chi connectivity index (χ3v) is 4.09. The average molecular weight is 327 g/mol. The van der Waals surface area contributed by atoms with Crippen molar-refractivity contribution in [3.05, 3.63) is 52.7 Å². The van der Waals surface area contributed by atoms with Gasteiger partial charge in [0.1, 0.15) is 5.75 Å². The molecule has 0 atom stereocenters. The molecule has 0 bridgehead atoms. The Morgan fingerprint density at radius 1 is 0.950 bits per heavy atom. The first kappa shape index (κ1) is 11.9. The molecule has 0 saturated heterocycles. The van der Waals surface area contributed by atoms with E-state index < -0.39 is 0 Å². The minimum Gasteiger partial charge on any atom is -0.493 e. The Bertz CT molecular complexity index is 961. The van der Waals surface area contributed by atoms with Gasteiger partial charge in [-0.25, -0.2) is 0 Å². The Kier molecular flexibility index (Phi) is 2.57. The summed E-state index contributed by atoms with van der Waals surface area (Å²) in [6.45, 7) is 0.592. The molecule has 0 heterocycles. The van der Waals surface area contributed by atoms with Crippen molar-refractivity contribution in [1.82, 2.24) is 0 Å². The Labute approximate surface area is 123 Å². The fourth-order valence-electron chi connectivity index (χ4n) is 2.97. The molecule has 4 aromatic rings. The molecule has 98 valence electrons. The van der Waals surface area contributed by atoms with Gasteiger partial charge in [-0.3, -0.25) is 4.79 Å². The van der Waals surface area contributed by atoms with Gasteiger partial charge in [-0.2, -0.15) is 0 Å². The first-order chi connectivity index (χ1) is 9.79. The molecule has 0 saturated carbocycles. The Morgan fingerprint density at radius 3 is 2.60 bits per heavy atom. The highest BCUT2D eigenvalue weighted by Gasteiger charge is 2.15. The SMILES string of the molecule is O=c1c2cccc3ccc4cc(OCCBr)cc1c4c32. The molecule has 0 spiro atoms. The van der Waals surface area contributed by atoms with Crippen LogP contribution in [0.25, 0.3) is 32.3 Å². The quantitative estimate of drug-likeness (QED) is 0.417. The fraction of sp³-hybridized carbons (Fsp3) is 0.118. The second-order valence-electron chi connectivity index (χ2n) is 4.90. The van der Waals surface area contributed by atoms with Crippen LogP contribution in [0.3, 0.4) is 0 Å². The van der Waals surface area contributed by atoms with Gasteiger partial charge in [0, 0.05) is 26.9 Å². The van der Waals surface area contributed by atoms with Crippen molar-refractivity contribution in [2.45, 2.75) is 0 Å². The van der Waals surface area contributed by atoms with Crippen LogP contribution in [-0.4, -0.2) is 11.9 Å². The van der Waals surface area contributed by atoms with E-state index in [-0.39, 0.29) is 5.43 Å². The molecule has 0 unspecified atom stereocenters. The summed E-state index contributed by atoms with van der Waals surface area (Å²) in [6.07, 6.45) is 0. The average Bonchev–Trinajstić information content (AvgIpc) is 2.78. The molecule has 0 radical (unpaired) electrons. The van der Waals surface area contributed by atoms with Crippen molar-refractivity contribution < 1.29 is 4.74 Å². The van der Waals surface area contributed by atoms with Gasteiger partial charge in [-0.1, -0.05) is 46.3 Å². The summed E-state index contributed by atoms with van der Waals surface area (Å²) in [6, 6.07) is 13.9. The molecule has 2 nitrogen and oxygen atoms in total. The van der Waals surface area contributed by atoms with Gasteiger partial charge in [-0.15, -0.1) is 0 Å². The van der Waals surface area contributed by atoms with Crippen LogP contribution in [0.2, 0.25) is 0 Å². The molecular weight excluding hydrogens is 316 g/mol. The third kappa shape index (κ3) is 1.53. The Morgan fingerprint density at radius 2 is 1.75 bits per heavy atom. The van der Waals surface area contributed by atoms with E-state index in [0.717, 1.165) is 43.4 Å². The predicted molar refractivity (Wildman–Crippen MR) is 86.9 cm³/mol. The first-order valence-electron chi connectivity index (χ1n) is 6.52. The summed E-state index contributed by atoms with van der Waals surface area (Å²) in [5.41, 5.74) is 0.103. The standard InChI is InChI=1S/C17H11BrO2/c18-6-7-20-12-8-11-5-4-10-2-1-3-13-15(10)16(11)14(9-12)17(13)19/h1-5,8-9H,6-7H2. The van der Waals surface area contributed by atoms with Gasteiger partial charge in [-0.05, 0) is 22.9 Å². The fourth-order valence-corrected chi connectivity index (χ4v) is 3.13. The maximum absolute atomic E-state index is 12.6. The lowest BCUT2D eigenvalue weighted by molar-refractivity contribution is 0.346. The van der Waals surface area contributed by atoms with Crippen molar-refractivity contribution in [3.63, 3.8) is 0 Å². The zero-order valence-corrected chi connectivity index (χ0v) is 12.2. The van der Waals surface area contributed by atoms with E-state index in [1.807, 2.05) is 24.3 Å².